The fourth-order valence-electron chi connectivity index (χ4n) is 7.96. The van der Waals surface area contributed by atoms with Gasteiger partial charge in [0.25, 0.3) is 0 Å². The van der Waals surface area contributed by atoms with Gasteiger partial charge in [-0.15, -0.1) is 0 Å². The summed E-state index contributed by atoms with van der Waals surface area (Å²) in [6, 6.07) is 65.9. The van der Waals surface area contributed by atoms with Crippen molar-refractivity contribution in [3.63, 3.8) is 0 Å². The summed E-state index contributed by atoms with van der Waals surface area (Å²) >= 11 is 0.330. The first kappa shape index (κ1) is 29.4. The van der Waals surface area contributed by atoms with Crippen molar-refractivity contribution in [2.45, 2.75) is 0 Å². The summed E-state index contributed by atoms with van der Waals surface area (Å²) in [5.41, 5.74) is 11.0. The molecule has 0 spiro atoms. The second kappa shape index (κ2) is 11.6. The number of nitrogens with zero attached hydrogens (tertiary/aromatic N) is 2. The van der Waals surface area contributed by atoms with Crippen LogP contribution < -0.4 is 4.90 Å². The monoisotopic (exact) mass is 730 g/mol. The third-order valence-electron chi connectivity index (χ3n) is 10.4. The van der Waals surface area contributed by atoms with Crippen LogP contribution in [-0.2, 0) is 0 Å². The molecule has 0 aliphatic rings. The molecule has 11 aromatic rings. The van der Waals surface area contributed by atoms with E-state index in [4.69, 9.17) is 4.42 Å². The van der Waals surface area contributed by atoms with Crippen molar-refractivity contribution >= 4 is 94.6 Å². The van der Waals surface area contributed by atoms with E-state index >= 15 is 0 Å². The molecule has 3 heterocycles. The van der Waals surface area contributed by atoms with Crippen LogP contribution in [0.5, 0.6) is 0 Å². The van der Waals surface area contributed by atoms with E-state index in [1.807, 2.05) is 12.1 Å². The standard InChI is InChI=1S/C48H30N2OSe/c1-2-10-33(11-3-1)50-43-15-7-4-12-37(43)42-29-35(24-27-44(42)50)49(36-23-26-39-38-13-5-8-16-45(38)51-46(39)30-36)34-21-18-31(19-22-34)32-20-25-41-40-14-6-9-17-47(40)52-48(41)28-32/h1-30H. The number of furan rings is 1. The van der Waals surface area contributed by atoms with Crippen LogP contribution in [0, 0.1) is 0 Å². The van der Waals surface area contributed by atoms with Gasteiger partial charge in [0.15, 0.2) is 0 Å². The number of aromatic nitrogens is 1. The van der Waals surface area contributed by atoms with Gasteiger partial charge in [-0.3, -0.25) is 0 Å². The van der Waals surface area contributed by atoms with Crippen LogP contribution in [0.1, 0.15) is 0 Å². The van der Waals surface area contributed by atoms with E-state index in [1.165, 1.54) is 52.2 Å². The predicted octanol–water partition coefficient (Wildman–Crippen LogP) is 13.2. The van der Waals surface area contributed by atoms with Crippen LogP contribution in [0.15, 0.2) is 186 Å². The van der Waals surface area contributed by atoms with Gasteiger partial charge in [-0.2, -0.15) is 0 Å². The molecule has 0 unspecified atom stereocenters. The summed E-state index contributed by atoms with van der Waals surface area (Å²) in [4.78, 5) is 2.35. The van der Waals surface area contributed by atoms with Gasteiger partial charge in [0, 0.05) is 11.1 Å². The molecule has 3 nitrogen and oxygen atoms in total. The van der Waals surface area contributed by atoms with Crippen LogP contribution in [0.2, 0.25) is 0 Å². The number of hydrogen-bond acceptors (Lipinski definition) is 2. The van der Waals surface area contributed by atoms with E-state index in [0.717, 1.165) is 44.7 Å². The molecule has 244 valence electrons. The van der Waals surface area contributed by atoms with Crippen LogP contribution in [0.25, 0.3) is 79.9 Å². The zero-order valence-electron chi connectivity index (χ0n) is 28.0. The molecule has 0 amide bonds. The Morgan fingerprint density at radius 3 is 1.88 bits per heavy atom. The minimum atomic E-state index is 0.330. The zero-order chi connectivity index (χ0) is 34.2. The Balaban J connectivity index is 1.08. The topological polar surface area (TPSA) is 21.3 Å². The molecule has 0 saturated carbocycles. The van der Waals surface area contributed by atoms with Crippen molar-refractivity contribution in [1.29, 1.82) is 0 Å². The molecule has 0 N–H and O–H groups in total. The predicted molar refractivity (Wildman–Crippen MR) is 220 cm³/mol. The minimum absolute atomic E-state index is 0.330. The van der Waals surface area contributed by atoms with Gasteiger partial charge >= 0.3 is 202 Å². The van der Waals surface area contributed by atoms with Crippen molar-refractivity contribution in [2.75, 3.05) is 4.90 Å². The molecular formula is C48H30N2OSe. The van der Waals surface area contributed by atoms with Crippen molar-refractivity contribution in [3.8, 4) is 16.8 Å². The van der Waals surface area contributed by atoms with Crippen molar-refractivity contribution in [3.05, 3.63) is 182 Å². The average molecular weight is 730 g/mol. The van der Waals surface area contributed by atoms with E-state index in [0.29, 0.717) is 14.5 Å². The van der Waals surface area contributed by atoms with E-state index in [1.54, 1.807) is 0 Å². The Hall–Kier alpha value is -6.32. The number of fused-ring (bicyclic) bond motifs is 9. The number of anilines is 3. The van der Waals surface area contributed by atoms with Gasteiger partial charge in [0.05, 0.1) is 5.52 Å². The number of benzene rings is 8. The van der Waals surface area contributed by atoms with Crippen LogP contribution >= 0.6 is 0 Å². The molecular weight excluding hydrogens is 700 g/mol. The van der Waals surface area contributed by atoms with Gasteiger partial charge in [0.1, 0.15) is 5.58 Å². The molecule has 0 aliphatic carbocycles. The molecule has 8 aromatic carbocycles. The first-order valence-corrected chi connectivity index (χ1v) is 19.3. The molecule has 52 heavy (non-hydrogen) atoms. The summed E-state index contributed by atoms with van der Waals surface area (Å²) in [6.45, 7) is 0. The fraction of sp³-hybridized carbons (Fsp3) is 0. The molecule has 0 bridgehead atoms. The van der Waals surface area contributed by atoms with Crippen LogP contribution in [-0.4, -0.2) is 19.1 Å². The first-order chi connectivity index (χ1) is 25.8. The third kappa shape index (κ3) is 4.59. The summed E-state index contributed by atoms with van der Waals surface area (Å²) in [7, 11) is 0. The zero-order valence-corrected chi connectivity index (χ0v) is 29.7. The maximum atomic E-state index is 6.40. The van der Waals surface area contributed by atoms with Gasteiger partial charge in [0.2, 0.25) is 0 Å². The summed E-state index contributed by atoms with van der Waals surface area (Å²) in [6.07, 6.45) is 0. The SMILES string of the molecule is c1ccc(-n2c3ccccc3c3cc(N(c4ccc(-c5ccc6c(c5)[se]c5ccccc56)cc4)c4ccc5c(c4)oc4ccccc45)ccc32)cc1. The molecule has 0 atom stereocenters. The minimum Gasteiger partial charge on any atom is -0.0602 e. The molecule has 0 saturated heterocycles. The summed E-state index contributed by atoms with van der Waals surface area (Å²) < 4.78 is 11.7. The number of hydrogen-bond donors (Lipinski definition) is 0. The van der Waals surface area contributed by atoms with E-state index < -0.39 is 0 Å². The Bertz CT molecular complexity index is 3130. The average Bonchev–Trinajstić information content (AvgIpc) is 3.87. The number of rotatable bonds is 5. The second-order valence-corrected chi connectivity index (χ2v) is 15.6. The first-order valence-electron chi connectivity index (χ1n) is 17.6. The Kier molecular flexibility index (Phi) is 6.57. The van der Waals surface area contributed by atoms with Crippen molar-refractivity contribution in [1.82, 2.24) is 4.57 Å². The summed E-state index contributed by atoms with van der Waals surface area (Å²) in [5.74, 6) is 0. The molecule has 4 heteroatoms. The van der Waals surface area contributed by atoms with Crippen LogP contribution in [0.3, 0.4) is 0 Å². The summed E-state index contributed by atoms with van der Waals surface area (Å²) in [5, 5.41) is 7.47. The molecule has 3 aromatic heterocycles. The fourth-order valence-corrected chi connectivity index (χ4v) is 10.4. The smallest absolute Gasteiger partial charge is 0.0602 e. The Labute approximate surface area is 305 Å². The molecule has 0 radical (unpaired) electrons. The van der Waals surface area contributed by atoms with Gasteiger partial charge < -0.3 is 4.57 Å². The molecule has 11 rings (SSSR count). The van der Waals surface area contributed by atoms with Gasteiger partial charge in [-0.25, -0.2) is 0 Å². The third-order valence-corrected chi connectivity index (χ3v) is 12.8. The second-order valence-electron chi connectivity index (χ2n) is 13.4. The van der Waals surface area contributed by atoms with E-state index in [9.17, 15) is 0 Å². The van der Waals surface area contributed by atoms with Crippen LogP contribution in [0.4, 0.5) is 17.1 Å². The Morgan fingerprint density at radius 1 is 0.385 bits per heavy atom. The normalized spacial score (nSPS) is 11.8. The maximum absolute atomic E-state index is 6.40. The van der Waals surface area contributed by atoms with Gasteiger partial charge in [-0.05, 0) is 24.3 Å². The Morgan fingerprint density at radius 2 is 1.00 bits per heavy atom. The number of para-hydroxylation sites is 3. The van der Waals surface area contributed by atoms with Crippen molar-refractivity contribution in [2.24, 2.45) is 0 Å². The van der Waals surface area contributed by atoms with E-state index in [2.05, 4.69) is 179 Å². The van der Waals surface area contributed by atoms with Gasteiger partial charge in [-0.1, -0.05) is 54.6 Å². The van der Waals surface area contributed by atoms with Crippen molar-refractivity contribution < 1.29 is 4.42 Å². The van der Waals surface area contributed by atoms with E-state index in [-0.39, 0.29) is 0 Å². The molecule has 0 fully saturated rings. The molecule has 0 aliphatic heterocycles. The quantitative estimate of drug-likeness (QED) is 0.165.